The van der Waals surface area contributed by atoms with Crippen LogP contribution in [0.4, 0.5) is 14.5 Å². The van der Waals surface area contributed by atoms with Gasteiger partial charge in [0.05, 0.1) is 17.4 Å². The van der Waals surface area contributed by atoms with Crippen LogP contribution < -0.4 is 10.5 Å². The van der Waals surface area contributed by atoms with E-state index >= 15 is 0 Å². The summed E-state index contributed by atoms with van der Waals surface area (Å²) in [7, 11) is 0. The highest BCUT2D eigenvalue weighted by Crippen LogP contribution is 2.85. The van der Waals surface area contributed by atoms with E-state index in [1.165, 1.54) is 0 Å². The van der Waals surface area contributed by atoms with Crippen LogP contribution >= 0.6 is 0 Å². The smallest absolute Gasteiger partial charge is 0.260 e. The van der Waals surface area contributed by atoms with Gasteiger partial charge in [0, 0.05) is 41.6 Å². The predicted octanol–water partition coefficient (Wildman–Crippen LogP) is 3.33. The zero-order valence-electron chi connectivity index (χ0n) is 13.3. The van der Waals surface area contributed by atoms with Crippen molar-refractivity contribution in [2.24, 2.45) is 10.8 Å². The maximum Gasteiger partial charge on any atom is 0.260 e. The van der Waals surface area contributed by atoms with E-state index in [-0.39, 0.29) is 5.56 Å². The van der Waals surface area contributed by atoms with Gasteiger partial charge in [0.2, 0.25) is 0 Å². The number of hydrogen-bond donors (Lipinski definition) is 1. The van der Waals surface area contributed by atoms with Crippen molar-refractivity contribution in [2.45, 2.75) is 38.0 Å². The van der Waals surface area contributed by atoms with Crippen LogP contribution in [0, 0.1) is 10.8 Å². The second-order valence-electron chi connectivity index (χ2n) is 7.52. The number of pyridine rings is 2. The molecule has 5 rings (SSSR count). The summed E-state index contributed by atoms with van der Waals surface area (Å²) < 4.78 is 29.1. The Bertz CT molecular complexity index is 879. The molecule has 24 heavy (non-hydrogen) atoms. The minimum Gasteiger partial charge on any atom is -0.371 e. The van der Waals surface area contributed by atoms with E-state index in [1.807, 2.05) is 6.07 Å². The quantitative estimate of drug-likeness (QED) is 0.872. The van der Waals surface area contributed by atoms with Crippen LogP contribution in [0.15, 0.2) is 29.3 Å². The van der Waals surface area contributed by atoms with Crippen molar-refractivity contribution >= 4 is 16.6 Å². The van der Waals surface area contributed by atoms with Gasteiger partial charge in [-0.1, -0.05) is 6.42 Å². The van der Waals surface area contributed by atoms with Gasteiger partial charge in [0.15, 0.2) is 0 Å². The van der Waals surface area contributed by atoms with Crippen molar-refractivity contribution in [2.75, 3.05) is 18.0 Å². The number of alkyl halides is 2. The fourth-order valence-electron chi connectivity index (χ4n) is 5.34. The van der Waals surface area contributed by atoms with Crippen molar-refractivity contribution in [3.63, 3.8) is 0 Å². The van der Waals surface area contributed by atoms with Crippen molar-refractivity contribution in [3.8, 4) is 0 Å². The van der Waals surface area contributed by atoms with Gasteiger partial charge < -0.3 is 9.88 Å². The summed E-state index contributed by atoms with van der Waals surface area (Å²) in [5.74, 6) is -2.50. The molecule has 0 amide bonds. The lowest BCUT2D eigenvalue weighted by Crippen LogP contribution is -2.38. The molecule has 0 bridgehead atoms. The van der Waals surface area contributed by atoms with Crippen molar-refractivity contribution < 1.29 is 8.78 Å². The molecule has 0 unspecified atom stereocenters. The van der Waals surface area contributed by atoms with Gasteiger partial charge in [-0.25, -0.2) is 8.78 Å². The lowest BCUT2D eigenvalue weighted by atomic mass is 9.72. The lowest BCUT2D eigenvalue weighted by Gasteiger charge is -2.38. The third-order valence-corrected chi connectivity index (χ3v) is 6.84. The summed E-state index contributed by atoms with van der Waals surface area (Å²) in [4.78, 5) is 20.8. The molecule has 3 aliphatic rings. The maximum absolute atomic E-state index is 14.5. The minimum atomic E-state index is -2.50. The van der Waals surface area contributed by atoms with Crippen molar-refractivity contribution in [3.05, 3.63) is 34.9 Å². The standard InChI is InChI=1S/C18H19F2N3O/c19-18(20)16(3-1-4-16)17(18)5-8-23(9-6-17)14-10-15(24)22-13-11-21-7-2-12(13)14/h2,7,10-11H,1,3-6,8-9H2,(H,22,24). The molecule has 6 heteroatoms. The number of fused-ring (bicyclic) bond motifs is 2. The van der Waals surface area contributed by atoms with Gasteiger partial charge in [-0.2, -0.15) is 0 Å². The third kappa shape index (κ3) is 1.48. The number of nitrogens with one attached hydrogen (secondary N) is 1. The summed E-state index contributed by atoms with van der Waals surface area (Å²) in [6.45, 7) is 1.16. The SMILES string of the molecule is O=c1cc(N2CCC3(CC2)C(F)(F)C32CCC2)c2ccncc2[nH]1. The summed E-state index contributed by atoms with van der Waals surface area (Å²) >= 11 is 0. The Morgan fingerprint density at radius 3 is 2.46 bits per heavy atom. The number of H-pyrrole nitrogens is 1. The summed E-state index contributed by atoms with van der Waals surface area (Å²) in [5, 5.41) is 0.918. The van der Waals surface area contributed by atoms with E-state index in [2.05, 4.69) is 14.9 Å². The molecule has 0 aromatic carbocycles. The fraction of sp³-hybridized carbons (Fsp3) is 0.556. The van der Waals surface area contributed by atoms with E-state index in [1.54, 1.807) is 18.5 Å². The highest BCUT2D eigenvalue weighted by Gasteiger charge is 2.90. The maximum atomic E-state index is 14.5. The molecule has 2 aliphatic carbocycles. The van der Waals surface area contributed by atoms with Crippen LogP contribution in [-0.4, -0.2) is 29.0 Å². The number of hydrogen-bond acceptors (Lipinski definition) is 3. The fourth-order valence-corrected chi connectivity index (χ4v) is 5.34. The second kappa shape index (κ2) is 4.35. The van der Waals surface area contributed by atoms with Crippen LogP contribution in [0.1, 0.15) is 32.1 Å². The molecule has 126 valence electrons. The number of aromatic amines is 1. The first-order valence-electron chi connectivity index (χ1n) is 8.61. The van der Waals surface area contributed by atoms with Crippen LogP contribution in [0.3, 0.4) is 0 Å². The average Bonchev–Trinajstić information content (AvgIpc) is 2.96. The largest absolute Gasteiger partial charge is 0.371 e. The number of halogens is 2. The first kappa shape index (κ1) is 14.4. The zero-order chi connectivity index (χ0) is 16.6. The van der Waals surface area contributed by atoms with Crippen LogP contribution in [-0.2, 0) is 0 Å². The first-order valence-corrected chi connectivity index (χ1v) is 8.61. The topological polar surface area (TPSA) is 49.0 Å². The molecule has 1 saturated heterocycles. The van der Waals surface area contributed by atoms with Gasteiger partial charge >= 0.3 is 0 Å². The Balaban J connectivity index is 1.47. The second-order valence-corrected chi connectivity index (χ2v) is 7.52. The monoisotopic (exact) mass is 331 g/mol. The highest BCUT2D eigenvalue weighted by molar-refractivity contribution is 5.90. The van der Waals surface area contributed by atoms with Gasteiger partial charge in [0.1, 0.15) is 0 Å². The lowest BCUT2D eigenvalue weighted by molar-refractivity contribution is 0.0203. The molecule has 2 aromatic heterocycles. The van der Waals surface area contributed by atoms with E-state index in [0.29, 0.717) is 44.3 Å². The number of piperidine rings is 1. The van der Waals surface area contributed by atoms with Crippen LogP contribution in [0.5, 0.6) is 0 Å². The third-order valence-electron chi connectivity index (χ3n) is 6.84. The van der Waals surface area contributed by atoms with E-state index in [4.69, 9.17) is 0 Å². The molecule has 2 saturated carbocycles. The Kier molecular flexibility index (Phi) is 2.60. The number of nitrogens with zero attached hydrogens (tertiary/aromatic N) is 2. The normalized spacial score (nSPS) is 25.8. The molecule has 0 atom stereocenters. The van der Waals surface area contributed by atoms with Gasteiger partial charge in [-0.15, -0.1) is 0 Å². The number of anilines is 1. The molecule has 2 spiro atoms. The molecular weight excluding hydrogens is 312 g/mol. The Morgan fingerprint density at radius 1 is 1.12 bits per heavy atom. The van der Waals surface area contributed by atoms with Crippen LogP contribution in [0.25, 0.3) is 10.9 Å². The van der Waals surface area contributed by atoms with Crippen molar-refractivity contribution in [1.82, 2.24) is 9.97 Å². The van der Waals surface area contributed by atoms with E-state index in [9.17, 15) is 13.6 Å². The molecule has 0 radical (unpaired) electrons. The Hall–Kier alpha value is -1.98. The predicted molar refractivity (Wildman–Crippen MR) is 87.5 cm³/mol. The molecule has 1 aliphatic heterocycles. The van der Waals surface area contributed by atoms with E-state index in [0.717, 1.165) is 17.5 Å². The minimum absolute atomic E-state index is 0.182. The highest BCUT2D eigenvalue weighted by atomic mass is 19.3. The first-order chi connectivity index (χ1) is 11.5. The Morgan fingerprint density at radius 2 is 1.83 bits per heavy atom. The molecule has 2 aromatic rings. The molecule has 1 N–H and O–H groups in total. The number of rotatable bonds is 1. The van der Waals surface area contributed by atoms with Crippen molar-refractivity contribution in [1.29, 1.82) is 0 Å². The molecule has 4 nitrogen and oxygen atoms in total. The van der Waals surface area contributed by atoms with Gasteiger partial charge in [-0.05, 0) is 31.7 Å². The summed E-state index contributed by atoms with van der Waals surface area (Å²) in [5.41, 5.74) is -0.150. The van der Waals surface area contributed by atoms with Gasteiger partial charge in [0.25, 0.3) is 11.5 Å². The Labute approximate surface area is 137 Å². The average molecular weight is 331 g/mol. The van der Waals surface area contributed by atoms with Crippen LogP contribution in [0.2, 0.25) is 0 Å². The molecule has 3 fully saturated rings. The van der Waals surface area contributed by atoms with E-state index < -0.39 is 16.8 Å². The molecule has 3 heterocycles. The summed E-state index contributed by atoms with van der Waals surface area (Å²) in [6, 6.07) is 3.44. The number of aromatic nitrogens is 2. The van der Waals surface area contributed by atoms with Gasteiger partial charge in [-0.3, -0.25) is 9.78 Å². The summed E-state index contributed by atoms with van der Waals surface area (Å²) in [6.07, 6.45) is 6.64. The zero-order valence-corrected chi connectivity index (χ0v) is 13.3. The molecular formula is C18H19F2N3O.